The fourth-order valence-electron chi connectivity index (χ4n) is 3.95. The summed E-state index contributed by atoms with van der Waals surface area (Å²) >= 11 is 4.43. The number of nitrogens with one attached hydrogen (secondary N) is 2. The average molecular weight is 441 g/mol. The van der Waals surface area contributed by atoms with Crippen LogP contribution in [-0.2, 0) is 27.2 Å². The molecule has 7 heteroatoms. The summed E-state index contributed by atoms with van der Waals surface area (Å²) in [5, 5.41) is 14.6. The van der Waals surface area contributed by atoms with Crippen LogP contribution in [0.3, 0.4) is 0 Å². The fraction of sp³-hybridized carbons (Fsp3) is 0.375. The maximum Gasteiger partial charge on any atom is 0.329 e. The molecule has 3 rings (SSSR count). The Hall–Kier alpha value is -2.80. The molecule has 2 aromatic carbocycles. The molecule has 1 aliphatic carbocycles. The van der Waals surface area contributed by atoms with Gasteiger partial charge in [-0.05, 0) is 30.4 Å². The van der Waals surface area contributed by atoms with Gasteiger partial charge in [-0.15, -0.1) is 0 Å². The minimum Gasteiger partial charge on any atom is -0.480 e. The molecule has 0 unspecified atom stereocenters. The molecule has 0 radical (unpaired) electrons. The number of carbonyl (C=O) groups is 3. The number of thiol groups is 1. The minimum absolute atomic E-state index is 0.264. The van der Waals surface area contributed by atoms with E-state index >= 15 is 0 Å². The van der Waals surface area contributed by atoms with E-state index in [2.05, 4.69) is 23.3 Å². The topological polar surface area (TPSA) is 95.5 Å². The molecule has 6 nitrogen and oxygen atoms in total. The van der Waals surface area contributed by atoms with Crippen molar-refractivity contribution in [2.75, 3.05) is 0 Å². The van der Waals surface area contributed by atoms with Crippen LogP contribution in [-0.4, -0.2) is 39.7 Å². The summed E-state index contributed by atoms with van der Waals surface area (Å²) in [6, 6.07) is 18.0. The van der Waals surface area contributed by atoms with Crippen LogP contribution in [0.15, 0.2) is 60.7 Å². The number of hydrogen-bond donors (Lipinski definition) is 4. The lowest BCUT2D eigenvalue weighted by molar-refractivity contribution is -0.147. The molecular weight excluding hydrogens is 412 g/mol. The van der Waals surface area contributed by atoms with Gasteiger partial charge >= 0.3 is 5.97 Å². The van der Waals surface area contributed by atoms with Gasteiger partial charge in [0.2, 0.25) is 11.8 Å². The summed E-state index contributed by atoms with van der Waals surface area (Å²) in [7, 11) is 0. The predicted molar refractivity (Wildman–Crippen MR) is 122 cm³/mol. The van der Waals surface area contributed by atoms with Crippen molar-refractivity contribution in [2.45, 2.75) is 55.4 Å². The second-order valence-corrected chi connectivity index (χ2v) is 8.66. The first-order valence-corrected chi connectivity index (χ1v) is 11.0. The highest BCUT2D eigenvalue weighted by Gasteiger charge is 2.43. The predicted octanol–water partition coefficient (Wildman–Crippen LogP) is 2.77. The highest BCUT2D eigenvalue weighted by atomic mass is 32.1. The zero-order valence-electron chi connectivity index (χ0n) is 17.3. The molecule has 2 aromatic rings. The lowest BCUT2D eigenvalue weighted by Crippen LogP contribution is -2.59. The van der Waals surface area contributed by atoms with Crippen molar-refractivity contribution < 1.29 is 19.5 Å². The summed E-state index contributed by atoms with van der Waals surface area (Å²) in [5.41, 5.74) is 0.580. The third kappa shape index (κ3) is 6.10. The van der Waals surface area contributed by atoms with Crippen LogP contribution in [0.4, 0.5) is 0 Å². The van der Waals surface area contributed by atoms with Crippen molar-refractivity contribution in [3.8, 4) is 0 Å². The first-order valence-electron chi connectivity index (χ1n) is 10.5. The van der Waals surface area contributed by atoms with Crippen LogP contribution in [0, 0.1) is 0 Å². The number of benzene rings is 2. The van der Waals surface area contributed by atoms with Gasteiger partial charge < -0.3 is 15.7 Å². The number of carboxylic acid groups (broad SMARTS) is 1. The van der Waals surface area contributed by atoms with Gasteiger partial charge in [0.05, 0.1) is 5.25 Å². The van der Waals surface area contributed by atoms with Crippen molar-refractivity contribution in [1.29, 1.82) is 0 Å². The third-order valence-corrected chi connectivity index (χ3v) is 6.14. The Kier molecular flexibility index (Phi) is 7.74. The Bertz CT molecular complexity index is 898. The second-order valence-electron chi connectivity index (χ2n) is 8.04. The maximum absolute atomic E-state index is 13.1. The summed E-state index contributed by atoms with van der Waals surface area (Å²) in [5.74, 6) is -1.87. The largest absolute Gasteiger partial charge is 0.480 e. The minimum atomic E-state index is -1.26. The van der Waals surface area contributed by atoms with Gasteiger partial charge in [0.25, 0.3) is 0 Å². The standard InChI is InChI=1S/C24H28N2O4S/c27-21(26-24(23(29)30)13-7-8-14-24)19(15-17-9-3-1-4-10-17)25-22(28)20(31)16-18-11-5-2-6-12-18/h1-6,9-12,19-20,31H,7-8,13-16H2,(H,25,28)(H,26,27)(H,29,30)/t19-,20-/m0/s1. The van der Waals surface area contributed by atoms with Gasteiger partial charge in [0.1, 0.15) is 11.6 Å². The molecule has 0 aromatic heterocycles. The molecule has 164 valence electrons. The Morgan fingerprint density at radius 3 is 1.90 bits per heavy atom. The Balaban J connectivity index is 1.73. The molecule has 31 heavy (non-hydrogen) atoms. The molecule has 0 saturated heterocycles. The second kappa shape index (κ2) is 10.5. The van der Waals surface area contributed by atoms with E-state index in [1.807, 2.05) is 60.7 Å². The monoisotopic (exact) mass is 440 g/mol. The lowest BCUT2D eigenvalue weighted by atomic mass is 9.96. The van der Waals surface area contributed by atoms with E-state index in [4.69, 9.17) is 0 Å². The first-order chi connectivity index (χ1) is 14.9. The first kappa shape index (κ1) is 22.9. The maximum atomic E-state index is 13.1. The van der Waals surface area contributed by atoms with E-state index in [0.29, 0.717) is 19.3 Å². The highest BCUT2D eigenvalue weighted by molar-refractivity contribution is 7.81. The third-order valence-electron chi connectivity index (χ3n) is 5.72. The van der Waals surface area contributed by atoms with Crippen LogP contribution in [0.25, 0.3) is 0 Å². The molecular formula is C24H28N2O4S. The van der Waals surface area contributed by atoms with Gasteiger partial charge in [-0.2, -0.15) is 12.6 Å². The molecule has 1 aliphatic rings. The summed E-state index contributed by atoms with van der Waals surface area (Å²) in [6.45, 7) is 0. The number of carboxylic acids is 1. The molecule has 1 saturated carbocycles. The number of carbonyl (C=O) groups excluding carboxylic acids is 2. The zero-order valence-corrected chi connectivity index (χ0v) is 18.2. The van der Waals surface area contributed by atoms with E-state index in [1.165, 1.54) is 0 Å². The van der Waals surface area contributed by atoms with Crippen molar-refractivity contribution in [3.63, 3.8) is 0 Å². The van der Waals surface area contributed by atoms with E-state index in [-0.39, 0.29) is 12.3 Å². The molecule has 2 amide bonds. The van der Waals surface area contributed by atoms with Crippen LogP contribution in [0.2, 0.25) is 0 Å². The Morgan fingerprint density at radius 2 is 1.39 bits per heavy atom. The zero-order chi connectivity index (χ0) is 22.3. The van der Waals surface area contributed by atoms with Crippen LogP contribution in [0.5, 0.6) is 0 Å². The van der Waals surface area contributed by atoms with E-state index in [1.54, 1.807) is 0 Å². The molecule has 2 atom stereocenters. The highest BCUT2D eigenvalue weighted by Crippen LogP contribution is 2.30. The molecule has 3 N–H and O–H groups in total. The van der Waals surface area contributed by atoms with E-state index in [0.717, 1.165) is 24.0 Å². The number of amides is 2. The van der Waals surface area contributed by atoms with Gasteiger partial charge in [0, 0.05) is 6.42 Å². The van der Waals surface area contributed by atoms with E-state index in [9.17, 15) is 19.5 Å². The lowest BCUT2D eigenvalue weighted by Gasteiger charge is -2.29. The molecule has 0 aliphatic heterocycles. The average Bonchev–Trinajstić information content (AvgIpc) is 3.24. The van der Waals surface area contributed by atoms with Crippen LogP contribution in [0.1, 0.15) is 36.8 Å². The smallest absolute Gasteiger partial charge is 0.329 e. The molecule has 0 heterocycles. The van der Waals surface area contributed by atoms with Gasteiger partial charge in [-0.1, -0.05) is 73.5 Å². The normalized spacial score (nSPS) is 16.8. The van der Waals surface area contributed by atoms with Crippen molar-refractivity contribution in [1.82, 2.24) is 10.6 Å². The van der Waals surface area contributed by atoms with Crippen molar-refractivity contribution >= 4 is 30.4 Å². The quantitative estimate of drug-likeness (QED) is 0.451. The summed E-state index contributed by atoms with van der Waals surface area (Å²) in [4.78, 5) is 37.8. The molecule has 0 spiro atoms. The number of aliphatic carboxylic acids is 1. The van der Waals surface area contributed by atoms with Crippen LogP contribution < -0.4 is 10.6 Å². The number of rotatable bonds is 9. The van der Waals surface area contributed by atoms with E-state index < -0.39 is 28.7 Å². The Morgan fingerprint density at radius 1 is 0.871 bits per heavy atom. The van der Waals surface area contributed by atoms with Crippen LogP contribution >= 0.6 is 12.6 Å². The fourth-order valence-corrected chi connectivity index (χ4v) is 4.24. The van der Waals surface area contributed by atoms with Crippen molar-refractivity contribution in [2.24, 2.45) is 0 Å². The summed E-state index contributed by atoms with van der Waals surface area (Å²) in [6.07, 6.45) is 2.97. The SMILES string of the molecule is O=C(NC1(C(=O)O)CCCC1)[C@H](Cc1ccccc1)NC(=O)[C@@H](S)Cc1ccccc1. The number of hydrogen-bond acceptors (Lipinski definition) is 4. The van der Waals surface area contributed by atoms with Gasteiger partial charge in [-0.25, -0.2) is 4.79 Å². The van der Waals surface area contributed by atoms with Gasteiger partial charge in [0.15, 0.2) is 0 Å². The Labute approximate surface area is 187 Å². The molecule has 1 fully saturated rings. The van der Waals surface area contributed by atoms with Crippen molar-refractivity contribution in [3.05, 3.63) is 71.8 Å². The van der Waals surface area contributed by atoms with Gasteiger partial charge in [-0.3, -0.25) is 9.59 Å². The summed E-state index contributed by atoms with van der Waals surface area (Å²) < 4.78 is 0. The molecule has 0 bridgehead atoms.